The van der Waals surface area contributed by atoms with Gasteiger partial charge in [-0.2, -0.15) is 0 Å². The molecular formula is C38H44N4O2S2. The molecule has 0 spiro atoms. The number of carbonyl (C=O) groups is 2. The van der Waals surface area contributed by atoms with Gasteiger partial charge in [0, 0.05) is 43.8 Å². The molecule has 46 heavy (non-hydrogen) atoms. The van der Waals surface area contributed by atoms with Gasteiger partial charge in [0.25, 0.3) is 0 Å². The van der Waals surface area contributed by atoms with Crippen LogP contribution in [0.1, 0.15) is 47.4 Å². The zero-order chi connectivity index (χ0) is 32.8. The van der Waals surface area contributed by atoms with Crippen LogP contribution in [0.5, 0.6) is 0 Å². The van der Waals surface area contributed by atoms with Crippen molar-refractivity contribution in [1.29, 1.82) is 0 Å². The van der Waals surface area contributed by atoms with Crippen molar-refractivity contribution in [3.63, 3.8) is 0 Å². The first kappa shape index (κ1) is 33.8. The third-order valence-electron chi connectivity index (χ3n) is 8.04. The molecule has 0 unspecified atom stereocenters. The standard InChI is InChI=1S/2C19H22N2OS/c2*1-14(22)15-9-10-19-17(13-15)21(12-6-11-20(2)3)16-7-4-5-8-18(16)23-19/h2*4-5,7-10,13H,6,11-12H2,1-3H3. The predicted molar refractivity (Wildman–Crippen MR) is 194 cm³/mol. The third kappa shape index (κ3) is 8.04. The molecule has 2 aliphatic rings. The quantitative estimate of drug-likeness (QED) is 0.158. The van der Waals surface area contributed by atoms with Crippen LogP contribution >= 0.6 is 23.5 Å². The molecule has 2 aliphatic heterocycles. The first-order valence-corrected chi connectivity index (χ1v) is 17.4. The van der Waals surface area contributed by atoms with Crippen molar-refractivity contribution in [3.8, 4) is 0 Å². The van der Waals surface area contributed by atoms with Crippen LogP contribution in [0, 0.1) is 0 Å². The van der Waals surface area contributed by atoms with Crippen molar-refractivity contribution in [2.45, 2.75) is 46.3 Å². The molecule has 8 heteroatoms. The summed E-state index contributed by atoms with van der Waals surface area (Å²) >= 11 is 3.57. The Bertz CT molecular complexity index is 1580. The lowest BCUT2D eigenvalue weighted by molar-refractivity contribution is 0.100. The maximum absolute atomic E-state index is 11.8. The highest BCUT2D eigenvalue weighted by atomic mass is 32.2. The average Bonchev–Trinajstić information content (AvgIpc) is 3.03. The summed E-state index contributed by atoms with van der Waals surface area (Å²) in [4.78, 5) is 37.6. The Balaban J connectivity index is 0.000000181. The number of para-hydroxylation sites is 2. The molecule has 2 heterocycles. The van der Waals surface area contributed by atoms with Gasteiger partial charge >= 0.3 is 0 Å². The van der Waals surface area contributed by atoms with E-state index in [0.717, 1.165) is 61.5 Å². The van der Waals surface area contributed by atoms with Crippen molar-refractivity contribution in [2.24, 2.45) is 0 Å². The Labute approximate surface area is 282 Å². The number of Topliss-reactive ketones (excluding diaryl/α,β-unsaturated/α-hetero) is 2. The Hall–Kier alpha value is -3.56. The van der Waals surface area contributed by atoms with E-state index in [4.69, 9.17) is 0 Å². The molecule has 240 valence electrons. The number of benzene rings is 4. The fraction of sp³-hybridized carbons (Fsp3) is 0.316. The van der Waals surface area contributed by atoms with Gasteiger partial charge in [0.15, 0.2) is 11.6 Å². The summed E-state index contributed by atoms with van der Waals surface area (Å²) in [6.07, 6.45) is 2.16. The van der Waals surface area contributed by atoms with Crippen LogP contribution in [0.25, 0.3) is 0 Å². The van der Waals surface area contributed by atoms with Crippen molar-refractivity contribution < 1.29 is 9.59 Å². The molecule has 0 atom stereocenters. The van der Waals surface area contributed by atoms with Crippen molar-refractivity contribution in [2.75, 3.05) is 64.2 Å². The molecule has 0 N–H and O–H groups in total. The maximum atomic E-state index is 11.8. The summed E-state index contributed by atoms with van der Waals surface area (Å²) in [6, 6.07) is 29.1. The number of fused-ring (bicyclic) bond motifs is 4. The van der Waals surface area contributed by atoms with Crippen LogP contribution in [-0.2, 0) is 0 Å². The first-order valence-electron chi connectivity index (χ1n) is 15.8. The predicted octanol–water partition coefficient (Wildman–Crippen LogP) is 8.89. The Morgan fingerprint density at radius 3 is 1.28 bits per heavy atom. The summed E-state index contributed by atoms with van der Waals surface area (Å²) in [5.74, 6) is 0.231. The van der Waals surface area contributed by atoms with Gasteiger partial charge in [-0.15, -0.1) is 0 Å². The summed E-state index contributed by atoms with van der Waals surface area (Å²) < 4.78 is 0. The van der Waals surface area contributed by atoms with Crippen LogP contribution in [-0.4, -0.2) is 75.7 Å². The van der Waals surface area contributed by atoms with Gasteiger partial charge in [-0.05, 0) is 117 Å². The van der Waals surface area contributed by atoms with E-state index >= 15 is 0 Å². The van der Waals surface area contributed by atoms with Gasteiger partial charge in [0.2, 0.25) is 0 Å². The maximum Gasteiger partial charge on any atom is 0.159 e. The molecule has 0 fully saturated rings. The summed E-state index contributed by atoms with van der Waals surface area (Å²) in [6.45, 7) is 7.25. The van der Waals surface area contributed by atoms with Crippen molar-refractivity contribution in [1.82, 2.24) is 9.80 Å². The van der Waals surface area contributed by atoms with E-state index in [1.165, 1.54) is 31.0 Å². The number of anilines is 4. The van der Waals surface area contributed by atoms with E-state index < -0.39 is 0 Å². The average molecular weight is 653 g/mol. The fourth-order valence-corrected chi connectivity index (χ4v) is 7.82. The van der Waals surface area contributed by atoms with Gasteiger partial charge < -0.3 is 19.6 Å². The van der Waals surface area contributed by atoms with E-state index in [0.29, 0.717) is 0 Å². The van der Waals surface area contributed by atoms with Crippen LogP contribution in [0.4, 0.5) is 22.7 Å². The summed E-state index contributed by atoms with van der Waals surface area (Å²) in [7, 11) is 8.40. The van der Waals surface area contributed by atoms with E-state index in [2.05, 4.69) is 108 Å². The van der Waals surface area contributed by atoms with E-state index in [1.807, 2.05) is 24.3 Å². The fourth-order valence-electron chi connectivity index (χ4n) is 5.67. The minimum atomic E-state index is 0.116. The number of rotatable bonds is 10. The first-order chi connectivity index (χ1) is 22.1. The number of ketones is 2. The number of hydrogen-bond acceptors (Lipinski definition) is 8. The third-order valence-corrected chi connectivity index (χ3v) is 10.3. The monoisotopic (exact) mass is 652 g/mol. The molecule has 0 saturated heterocycles. The Kier molecular flexibility index (Phi) is 11.3. The molecule has 0 amide bonds. The van der Waals surface area contributed by atoms with Crippen LogP contribution in [0.3, 0.4) is 0 Å². The lowest BCUT2D eigenvalue weighted by Crippen LogP contribution is -2.25. The molecule has 0 bridgehead atoms. The van der Waals surface area contributed by atoms with Crippen LogP contribution in [0.15, 0.2) is 105 Å². The minimum absolute atomic E-state index is 0.116. The largest absolute Gasteiger partial charge is 0.340 e. The van der Waals surface area contributed by atoms with E-state index in [-0.39, 0.29) is 11.6 Å². The second kappa shape index (κ2) is 15.4. The highest BCUT2D eigenvalue weighted by Gasteiger charge is 2.25. The van der Waals surface area contributed by atoms with Gasteiger partial charge in [-0.1, -0.05) is 59.9 Å². The highest BCUT2D eigenvalue weighted by molar-refractivity contribution is 8.00. The topological polar surface area (TPSA) is 47.1 Å². The highest BCUT2D eigenvalue weighted by Crippen LogP contribution is 2.49. The van der Waals surface area contributed by atoms with E-state index in [9.17, 15) is 9.59 Å². The van der Waals surface area contributed by atoms with Crippen LogP contribution in [0.2, 0.25) is 0 Å². The normalized spacial score (nSPS) is 13.0. The summed E-state index contributed by atoms with van der Waals surface area (Å²) in [5.41, 5.74) is 6.34. The summed E-state index contributed by atoms with van der Waals surface area (Å²) in [5, 5.41) is 0. The zero-order valence-corrected chi connectivity index (χ0v) is 29.4. The molecule has 0 aliphatic carbocycles. The molecule has 4 aromatic rings. The molecule has 6 rings (SSSR count). The van der Waals surface area contributed by atoms with Gasteiger partial charge in [-0.3, -0.25) is 9.59 Å². The van der Waals surface area contributed by atoms with Crippen LogP contribution < -0.4 is 9.80 Å². The molecule has 6 nitrogen and oxygen atoms in total. The van der Waals surface area contributed by atoms with Gasteiger partial charge in [-0.25, -0.2) is 0 Å². The number of hydrogen-bond donors (Lipinski definition) is 0. The Morgan fingerprint density at radius 1 is 0.543 bits per heavy atom. The number of carbonyl (C=O) groups excluding carboxylic acids is 2. The smallest absolute Gasteiger partial charge is 0.159 e. The number of nitrogens with zero attached hydrogens (tertiary/aromatic N) is 4. The lowest BCUT2D eigenvalue weighted by Gasteiger charge is -2.33. The lowest BCUT2D eigenvalue weighted by atomic mass is 10.1. The minimum Gasteiger partial charge on any atom is -0.340 e. The second-order valence-electron chi connectivity index (χ2n) is 12.2. The SMILES string of the molecule is CC(=O)c1ccc2c(c1)N(CCCN(C)C)c1ccccc1S2.CC(=O)c1ccc2c(c1)N(CCCN(C)C)c1ccccc1S2. The molecule has 0 saturated carbocycles. The molecule has 4 aromatic carbocycles. The Morgan fingerprint density at radius 2 is 0.913 bits per heavy atom. The van der Waals surface area contributed by atoms with Gasteiger partial charge in [0.1, 0.15) is 0 Å². The van der Waals surface area contributed by atoms with E-state index in [1.54, 1.807) is 37.4 Å². The molecule has 0 aromatic heterocycles. The van der Waals surface area contributed by atoms with Gasteiger partial charge in [0.05, 0.1) is 22.7 Å². The van der Waals surface area contributed by atoms with Crippen molar-refractivity contribution >= 4 is 57.8 Å². The van der Waals surface area contributed by atoms with Crippen molar-refractivity contribution in [3.05, 3.63) is 96.1 Å². The zero-order valence-electron chi connectivity index (χ0n) is 27.7. The molecular weight excluding hydrogens is 609 g/mol. The molecule has 0 radical (unpaired) electrons. The second-order valence-corrected chi connectivity index (χ2v) is 14.4.